The molecule has 4 heteroatoms. The van der Waals surface area contributed by atoms with Crippen molar-refractivity contribution >= 4 is 17.0 Å². The lowest BCUT2D eigenvalue weighted by Crippen LogP contribution is -2.41. The molecule has 1 atom stereocenters. The van der Waals surface area contributed by atoms with Crippen LogP contribution in [0.5, 0.6) is 0 Å². The predicted molar refractivity (Wildman–Crippen MR) is 80.1 cm³/mol. The molecule has 4 nitrogen and oxygen atoms in total. The fraction of sp³-hybridized carbons (Fsp3) is 0.471. The van der Waals surface area contributed by atoms with Crippen LogP contribution >= 0.6 is 0 Å². The Labute approximate surface area is 123 Å². The lowest BCUT2D eigenvalue weighted by Gasteiger charge is -2.42. The number of benzene rings is 1. The van der Waals surface area contributed by atoms with Crippen molar-refractivity contribution in [3.8, 4) is 0 Å². The summed E-state index contributed by atoms with van der Waals surface area (Å²) >= 11 is 0. The number of nitrogens with zero attached hydrogens (tertiary/aromatic N) is 2. The van der Waals surface area contributed by atoms with Crippen LogP contribution < -0.4 is 0 Å². The molecule has 4 rings (SSSR count). The number of aryl methyl sites for hydroxylation is 1. The summed E-state index contributed by atoms with van der Waals surface area (Å²) in [6.45, 7) is 2.30. The zero-order valence-electron chi connectivity index (χ0n) is 12.0. The molecule has 0 amide bonds. The van der Waals surface area contributed by atoms with Gasteiger partial charge in [0, 0.05) is 23.9 Å². The number of ether oxygens (including phenoxy) is 1. The highest BCUT2D eigenvalue weighted by atomic mass is 16.5. The third-order valence-electron chi connectivity index (χ3n) is 4.89. The number of rotatable bonds is 3. The minimum atomic E-state index is -0.259. The highest BCUT2D eigenvalue weighted by Gasteiger charge is 2.43. The van der Waals surface area contributed by atoms with Gasteiger partial charge in [-0.2, -0.15) is 0 Å². The highest BCUT2D eigenvalue weighted by molar-refractivity contribution is 5.86. The molecular formula is C17H18N2O2. The van der Waals surface area contributed by atoms with Crippen molar-refractivity contribution in [1.29, 1.82) is 0 Å². The minimum absolute atomic E-state index is 0.259. The standard InChI is InChI=1S/C17H18N2O2/c20-12-18-9-8-17-7-3-10-19-15-5-2-1-4-13(15)14(16(17)19)6-11-21-17/h1-2,4-5H,3,6-11H2. The van der Waals surface area contributed by atoms with Crippen molar-refractivity contribution in [1.82, 2.24) is 4.57 Å². The number of aromatic nitrogens is 1. The van der Waals surface area contributed by atoms with Crippen LogP contribution in [-0.4, -0.2) is 23.8 Å². The van der Waals surface area contributed by atoms with Gasteiger partial charge in [-0.25, -0.2) is 9.79 Å². The first kappa shape index (κ1) is 12.8. The van der Waals surface area contributed by atoms with Crippen LogP contribution in [0, 0.1) is 0 Å². The van der Waals surface area contributed by atoms with E-state index >= 15 is 0 Å². The number of hydrogen-bond acceptors (Lipinski definition) is 3. The van der Waals surface area contributed by atoms with E-state index in [9.17, 15) is 4.79 Å². The van der Waals surface area contributed by atoms with Crippen molar-refractivity contribution in [2.24, 2.45) is 4.99 Å². The first-order valence-electron chi connectivity index (χ1n) is 7.64. The van der Waals surface area contributed by atoms with E-state index in [1.165, 1.54) is 22.2 Å². The maximum absolute atomic E-state index is 10.4. The Morgan fingerprint density at radius 2 is 2.29 bits per heavy atom. The van der Waals surface area contributed by atoms with Crippen LogP contribution in [0.2, 0.25) is 0 Å². The summed E-state index contributed by atoms with van der Waals surface area (Å²) in [6.07, 6.45) is 5.51. The van der Waals surface area contributed by atoms with Crippen molar-refractivity contribution in [3.63, 3.8) is 0 Å². The molecule has 108 valence electrons. The first-order chi connectivity index (χ1) is 10.4. The van der Waals surface area contributed by atoms with E-state index < -0.39 is 0 Å². The molecule has 0 radical (unpaired) electrons. The van der Waals surface area contributed by atoms with Gasteiger partial charge in [-0.3, -0.25) is 0 Å². The second-order valence-electron chi connectivity index (χ2n) is 5.92. The monoisotopic (exact) mass is 282 g/mol. The molecular weight excluding hydrogens is 264 g/mol. The SMILES string of the molecule is O=C=NCCC12CCCn3c1c(c1ccccc13)CCO2. The van der Waals surface area contributed by atoms with Gasteiger partial charge in [-0.15, -0.1) is 0 Å². The molecule has 2 aromatic rings. The predicted octanol–water partition coefficient (Wildman–Crippen LogP) is 2.93. The van der Waals surface area contributed by atoms with E-state index in [4.69, 9.17) is 4.74 Å². The Kier molecular flexibility index (Phi) is 2.95. The molecule has 1 unspecified atom stereocenters. The summed E-state index contributed by atoms with van der Waals surface area (Å²) in [5.74, 6) is 0. The second-order valence-corrected chi connectivity index (χ2v) is 5.92. The molecule has 0 spiro atoms. The van der Waals surface area contributed by atoms with Crippen molar-refractivity contribution in [3.05, 3.63) is 35.5 Å². The molecule has 0 fully saturated rings. The van der Waals surface area contributed by atoms with Crippen LogP contribution in [-0.2, 0) is 28.1 Å². The fourth-order valence-electron chi connectivity index (χ4n) is 4.11. The topological polar surface area (TPSA) is 43.6 Å². The number of fused-ring (bicyclic) bond motifs is 3. The van der Waals surface area contributed by atoms with Gasteiger partial charge in [0.25, 0.3) is 0 Å². The van der Waals surface area contributed by atoms with Gasteiger partial charge in [0.2, 0.25) is 6.08 Å². The van der Waals surface area contributed by atoms with Gasteiger partial charge in [-0.1, -0.05) is 18.2 Å². The average molecular weight is 282 g/mol. The minimum Gasteiger partial charge on any atom is -0.368 e. The third kappa shape index (κ3) is 1.80. The Morgan fingerprint density at radius 3 is 3.19 bits per heavy atom. The molecule has 2 aliphatic rings. The zero-order valence-corrected chi connectivity index (χ0v) is 12.0. The number of aliphatic imine (C=N–C) groups is 1. The third-order valence-corrected chi connectivity index (χ3v) is 4.89. The van der Waals surface area contributed by atoms with E-state index in [1.54, 1.807) is 6.08 Å². The van der Waals surface area contributed by atoms with Gasteiger partial charge >= 0.3 is 0 Å². The summed E-state index contributed by atoms with van der Waals surface area (Å²) in [6, 6.07) is 8.63. The Hall–Kier alpha value is -1.90. The van der Waals surface area contributed by atoms with Gasteiger partial charge in [0.05, 0.1) is 18.8 Å². The van der Waals surface area contributed by atoms with Crippen LogP contribution in [0.1, 0.15) is 30.5 Å². The summed E-state index contributed by atoms with van der Waals surface area (Å²) in [7, 11) is 0. The van der Waals surface area contributed by atoms with Crippen molar-refractivity contribution in [2.45, 2.75) is 37.8 Å². The quantitative estimate of drug-likeness (QED) is 0.641. The van der Waals surface area contributed by atoms with Crippen LogP contribution in [0.4, 0.5) is 0 Å². The van der Waals surface area contributed by atoms with Crippen molar-refractivity contribution in [2.75, 3.05) is 13.2 Å². The lowest BCUT2D eigenvalue weighted by atomic mass is 9.82. The molecule has 1 aromatic heterocycles. The van der Waals surface area contributed by atoms with Crippen LogP contribution in [0.25, 0.3) is 10.9 Å². The van der Waals surface area contributed by atoms with Gasteiger partial charge in [-0.05, 0) is 30.9 Å². The Morgan fingerprint density at radius 1 is 1.38 bits per heavy atom. The lowest BCUT2D eigenvalue weighted by molar-refractivity contribution is -0.0847. The molecule has 0 N–H and O–H groups in total. The average Bonchev–Trinajstić information content (AvgIpc) is 2.85. The Balaban J connectivity index is 1.92. The number of carbonyl (C=O) groups excluding carboxylic acids is 1. The number of hydrogen-bond donors (Lipinski definition) is 0. The molecule has 0 aliphatic carbocycles. The maximum Gasteiger partial charge on any atom is 0.234 e. The molecule has 2 aliphatic heterocycles. The second kappa shape index (κ2) is 4.83. The molecule has 1 aromatic carbocycles. The van der Waals surface area contributed by atoms with Gasteiger partial charge in [0.1, 0.15) is 5.60 Å². The molecule has 3 heterocycles. The Bertz CT molecular complexity index is 694. The fourth-order valence-corrected chi connectivity index (χ4v) is 4.11. The molecule has 21 heavy (non-hydrogen) atoms. The first-order valence-corrected chi connectivity index (χ1v) is 7.64. The van der Waals surface area contributed by atoms with E-state index in [-0.39, 0.29) is 5.60 Å². The van der Waals surface area contributed by atoms with E-state index in [0.29, 0.717) is 6.54 Å². The van der Waals surface area contributed by atoms with E-state index in [1.807, 2.05) is 0 Å². The van der Waals surface area contributed by atoms with Crippen molar-refractivity contribution < 1.29 is 9.53 Å². The summed E-state index contributed by atoms with van der Waals surface area (Å²) in [5.41, 5.74) is 3.83. The van der Waals surface area contributed by atoms with Crippen LogP contribution in [0.3, 0.4) is 0 Å². The maximum atomic E-state index is 10.4. The summed E-state index contributed by atoms with van der Waals surface area (Å²) < 4.78 is 8.67. The van der Waals surface area contributed by atoms with Crippen LogP contribution in [0.15, 0.2) is 29.3 Å². The number of para-hydroxylation sites is 1. The molecule has 0 saturated heterocycles. The van der Waals surface area contributed by atoms with Gasteiger partial charge < -0.3 is 9.30 Å². The summed E-state index contributed by atoms with van der Waals surface area (Å²) in [4.78, 5) is 14.1. The summed E-state index contributed by atoms with van der Waals surface area (Å²) in [5, 5.41) is 1.36. The van der Waals surface area contributed by atoms with Gasteiger partial charge in [0.15, 0.2) is 0 Å². The zero-order chi connectivity index (χ0) is 14.3. The normalized spacial score (nSPS) is 23.6. The molecule has 0 bridgehead atoms. The van der Waals surface area contributed by atoms with E-state index in [2.05, 4.69) is 33.8 Å². The highest BCUT2D eigenvalue weighted by Crippen LogP contribution is 2.46. The largest absolute Gasteiger partial charge is 0.368 e. The number of isocyanates is 1. The smallest absolute Gasteiger partial charge is 0.234 e. The molecule has 0 saturated carbocycles. The van der Waals surface area contributed by atoms with E-state index in [0.717, 1.165) is 38.8 Å².